The van der Waals surface area contributed by atoms with Gasteiger partial charge in [0.1, 0.15) is 0 Å². The second kappa shape index (κ2) is 10.6. The number of benzene rings is 2. The van der Waals surface area contributed by atoms with Crippen molar-refractivity contribution in [1.82, 2.24) is 14.8 Å². The van der Waals surface area contributed by atoms with Crippen molar-refractivity contribution < 1.29 is 9.53 Å². The summed E-state index contributed by atoms with van der Waals surface area (Å²) in [6.07, 6.45) is 6.58. The number of aryl methyl sites for hydroxylation is 1. The minimum Gasteiger partial charge on any atom is -0.462 e. The Morgan fingerprint density at radius 3 is 2.34 bits per heavy atom. The van der Waals surface area contributed by atoms with Gasteiger partial charge in [0.15, 0.2) is 5.82 Å². The Morgan fingerprint density at radius 2 is 1.66 bits per heavy atom. The number of carbonyl (C=O) groups is 1. The van der Waals surface area contributed by atoms with Gasteiger partial charge in [-0.2, -0.15) is 9.67 Å². The lowest BCUT2D eigenvalue weighted by Gasteiger charge is -2.06. The van der Waals surface area contributed by atoms with Crippen LogP contribution in [0.15, 0.2) is 54.6 Å². The summed E-state index contributed by atoms with van der Waals surface area (Å²) in [5, 5.41) is 4.35. The predicted molar refractivity (Wildman–Crippen MR) is 115 cm³/mol. The van der Waals surface area contributed by atoms with E-state index in [1.165, 1.54) is 29.5 Å². The first kappa shape index (κ1) is 20.8. The van der Waals surface area contributed by atoms with Crippen LogP contribution >= 0.6 is 0 Å². The summed E-state index contributed by atoms with van der Waals surface area (Å²) in [5.41, 5.74) is 2.67. The SMILES string of the molecule is CCCCCc1ccc(C(=O)n2nc(OCCCC)nc2-c2ccccc2)cc1. The molecule has 152 valence electrons. The first-order valence-corrected chi connectivity index (χ1v) is 10.5. The molecule has 0 N–H and O–H groups in total. The fourth-order valence-corrected chi connectivity index (χ4v) is 3.09. The maximum absolute atomic E-state index is 13.2. The van der Waals surface area contributed by atoms with Crippen LogP contribution in [0.25, 0.3) is 11.4 Å². The minimum atomic E-state index is -0.207. The monoisotopic (exact) mass is 391 g/mol. The highest BCUT2D eigenvalue weighted by Crippen LogP contribution is 2.21. The van der Waals surface area contributed by atoms with Gasteiger partial charge in [-0.1, -0.05) is 75.6 Å². The van der Waals surface area contributed by atoms with Gasteiger partial charge in [0.2, 0.25) is 0 Å². The Labute approximate surface area is 172 Å². The number of unbranched alkanes of at least 4 members (excludes halogenated alkanes) is 3. The molecule has 3 aromatic rings. The van der Waals surface area contributed by atoms with Crippen molar-refractivity contribution in [3.63, 3.8) is 0 Å². The molecule has 1 heterocycles. The van der Waals surface area contributed by atoms with Crippen molar-refractivity contribution in [3.8, 4) is 17.4 Å². The molecule has 1 aromatic heterocycles. The normalized spacial score (nSPS) is 10.8. The van der Waals surface area contributed by atoms with Gasteiger partial charge in [-0.15, -0.1) is 5.10 Å². The largest absolute Gasteiger partial charge is 0.462 e. The summed E-state index contributed by atoms with van der Waals surface area (Å²) in [4.78, 5) is 17.6. The molecule has 0 aliphatic heterocycles. The summed E-state index contributed by atoms with van der Waals surface area (Å²) in [6, 6.07) is 17.6. The van der Waals surface area contributed by atoms with Crippen molar-refractivity contribution in [2.24, 2.45) is 0 Å². The van der Waals surface area contributed by atoms with Gasteiger partial charge in [-0.25, -0.2) is 0 Å². The van der Waals surface area contributed by atoms with Crippen LogP contribution in [0.2, 0.25) is 0 Å². The second-order valence-corrected chi connectivity index (χ2v) is 7.16. The third-order valence-corrected chi connectivity index (χ3v) is 4.81. The van der Waals surface area contributed by atoms with Gasteiger partial charge in [0.25, 0.3) is 5.91 Å². The van der Waals surface area contributed by atoms with Crippen LogP contribution < -0.4 is 4.74 Å². The molecule has 0 saturated heterocycles. The Morgan fingerprint density at radius 1 is 0.931 bits per heavy atom. The fourth-order valence-electron chi connectivity index (χ4n) is 3.09. The molecule has 0 fully saturated rings. The Kier molecular flexibility index (Phi) is 7.56. The number of nitrogens with zero attached hydrogens (tertiary/aromatic N) is 3. The van der Waals surface area contributed by atoms with Crippen LogP contribution in [-0.2, 0) is 6.42 Å². The Bertz CT molecular complexity index is 902. The number of hydrogen-bond donors (Lipinski definition) is 0. The predicted octanol–water partition coefficient (Wildman–Crippen LogP) is 5.55. The van der Waals surface area contributed by atoms with E-state index in [4.69, 9.17) is 4.74 Å². The van der Waals surface area contributed by atoms with E-state index in [1.807, 2.05) is 54.6 Å². The van der Waals surface area contributed by atoms with Gasteiger partial charge in [0, 0.05) is 11.1 Å². The van der Waals surface area contributed by atoms with E-state index in [2.05, 4.69) is 23.9 Å². The van der Waals surface area contributed by atoms with Crippen LogP contribution in [0.3, 0.4) is 0 Å². The second-order valence-electron chi connectivity index (χ2n) is 7.16. The van der Waals surface area contributed by atoms with E-state index in [9.17, 15) is 4.79 Å². The van der Waals surface area contributed by atoms with Crippen LogP contribution in [-0.4, -0.2) is 27.3 Å². The van der Waals surface area contributed by atoms with Crippen LogP contribution in [0.4, 0.5) is 0 Å². The zero-order valence-electron chi connectivity index (χ0n) is 17.3. The van der Waals surface area contributed by atoms with Gasteiger partial charge in [0.05, 0.1) is 6.61 Å². The van der Waals surface area contributed by atoms with E-state index in [-0.39, 0.29) is 11.9 Å². The third kappa shape index (κ3) is 5.53. The highest BCUT2D eigenvalue weighted by Gasteiger charge is 2.20. The van der Waals surface area contributed by atoms with Crippen LogP contribution in [0, 0.1) is 0 Å². The lowest BCUT2D eigenvalue weighted by atomic mass is 10.1. The average Bonchev–Trinajstić information content (AvgIpc) is 3.19. The molecular weight excluding hydrogens is 362 g/mol. The van der Waals surface area contributed by atoms with E-state index >= 15 is 0 Å². The molecule has 5 nitrogen and oxygen atoms in total. The molecule has 0 aliphatic rings. The molecule has 0 atom stereocenters. The Hall–Kier alpha value is -2.95. The minimum absolute atomic E-state index is 0.207. The van der Waals surface area contributed by atoms with Crippen LogP contribution in [0.1, 0.15) is 61.9 Å². The highest BCUT2D eigenvalue weighted by molar-refractivity contribution is 5.97. The molecule has 5 heteroatoms. The number of rotatable bonds is 10. The zero-order chi connectivity index (χ0) is 20.5. The first-order chi connectivity index (χ1) is 14.2. The molecule has 0 amide bonds. The van der Waals surface area contributed by atoms with E-state index in [1.54, 1.807) is 0 Å². The standard InChI is InChI=1S/C24H29N3O2/c1-3-5-8-11-19-14-16-21(17-15-19)23(28)27-22(20-12-9-7-10-13-20)25-24(26-27)29-18-6-4-2/h7,9-10,12-17H,3-6,8,11,18H2,1-2H3. The molecule has 0 radical (unpaired) electrons. The van der Waals surface area contributed by atoms with Crippen molar-refractivity contribution in [2.75, 3.05) is 6.61 Å². The lowest BCUT2D eigenvalue weighted by Crippen LogP contribution is -2.15. The number of carbonyl (C=O) groups excluding carboxylic acids is 1. The van der Waals surface area contributed by atoms with E-state index in [0.29, 0.717) is 18.0 Å². The van der Waals surface area contributed by atoms with Gasteiger partial charge >= 0.3 is 6.01 Å². The average molecular weight is 392 g/mol. The van der Waals surface area contributed by atoms with Crippen molar-refractivity contribution in [2.45, 2.75) is 52.4 Å². The maximum atomic E-state index is 13.2. The first-order valence-electron chi connectivity index (χ1n) is 10.5. The molecule has 29 heavy (non-hydrogen) atoms. The van der Waals surface area contributed by atoms with Crippen LogP contribution in [0.5, 0.6) is 6.01 Å². The third-order valence-electron chi connectivity index (χ3n) is 4.81. The van der Waals surface area contributed by atoms with E-state index in [0.717, 1.165) is 24.8 Å². The summed E-state index contributed by atoms with van der Waals surface area (Å²) in [7, 11) is 0. The summed E-state index contributed by atoms with van der Waals surface area (Å²) in [5.74, 6) is 0.288. The van der Waals surface area contributed by atoms with Crippen molar-refractivity contribution in [3.05, 3.63) is 65.7 Å². The quantitative estimate of drug-likeness (QED) is 0.426. The highest BCUT2D eigenvalue weighted by atomic mass is 16.5. The fraction of sp³-hybridized carbons (Fsp3) is 0.375. The molecular formula is C24H29N3O2. The summed E-state index contributed by atoms with van der Waals surface area (Å²) in [6.45, 7) is 4.83. The van der Waals surface area contributed by atoms with Gasteiger partial charge in [-0.05, 0) is 37.0 Å². The number of ether oxygens (including phenoxy) is 1. The summed E-state index contributed by atoms with van der Waals surface area (Å²) < 4.78 is 7.00. The molecule has 2 aromatic carbocycles. The van der Waals surface area contributed by atoms with Gasteiger partial charge in [-0.3, -0.25) is 4.79 Å². The summed E-state index contributed by atoms with van der Waals surface area (Å²) >= 11 is 0. The topological polar surface area (TPSA) is 57.0 Å². The lowest BCUT2D eigenvalue weighted by molar-refractivity contribution is 0.0944. The maximum Gasteiger partial charge on any atom is 0.336 e. The number of aromatic nitrogens is 3. The molecule has 0 bridgehead atoms. The van der Waals surface area contributed by atoms with Crippen molar-refractivity contribution in [1.29, 1.82) is 0 Å². The molecule has 3 rings (SSSR count). The zero-order valence-corrected chi connectivity index (χ0v) is 17.3. The molecule has 0 spiro atoms. The van der Waals surface area contributed by atoms with E-state index < -0.39 is 0 Å². The molecule has 0 saturated carbocycles. The van der Waals surface area contributed by atoms with Crippen molar-refractivity contribution >= 4 is 5.91 Å². The number of hydrogen-bond acceptors (Lipinski definition) is 4. The molecule has 0 aliphatic carbocycles. The Balaban J connectivity index is 1.84. The smallest absolute Gasteiger partial charge is 0.336 e. The van der Waals surface area contributed by atoms with Gasteiger partial charge < -0.3 is 4.74 Å². The molecule has 0 unspecified atom stereocenters.